The van der Waals surface area contributed by atoms with E-state index in [2.05, 4.69) is 33.4 Å². The van der Waals surface area contributed by atoms with Crippen LogP contribution in [0.15, 0.2) is 18.7 Å². The lowest BCUT2D eigenvalue weighted by Gasteiger charge is -2.14. The van der Waals surface area contributed by atoms with Gasteiger partial charge in [-0.2, -0.15) is 0 Å². The van der Waals surface area contributed by atoms with Crippen molar-refractivity contribution in [3.8, 4) is 0 Å². The van der Waals surface area contributed by atoms with Crippen LogP contribution in [0.3, 0.4) is 0 Å². The van der Waals surface area contributed by atoms with Crippen LogP contribution < -0.4 is 5.73 Å². The normalized spacial score (nSPS) is 10.6. The highest BCUT2D eigenvalue weighted by atomic mass is 14.6. The molecule has 1 nitrogen and oxygen atoms in total. The lowest BCUT2D eigenvalue weighted by molar-refractivity contribution is 0.868. The molecule has 76 valence electrons. The molecule has 0 amide bonds. The Morgan fingerprint density at radius 1 is 1.36 bits per heavy atom. The molecular formula is C13H19N. The fraction of sp³-hybridized carbons (Fsp3) is 0.385. The molecule has 0 spiro atoms. The molecule has 0 aromatic heterocycles. The Kier molecular flexibility index (Phi) is 3.00. The van der Waals surface area contributed by atoms with Gasteiger partial charge >= 0.3 is 0 Å². The van der Waals surface area contributed by atoms with Crippen LogP contribution in [0.2, 0.25) is 0 Å². The van der Waals surface area contributed by atoms with Crippen molar-refractivity contribution in [2.75, 3.05) is 5.73 Å². The van der Waals surface area contributed by atoms with Gasteiger partial charge in [-0.05, 0) is 48.6 Å². The van der Waals surface area contributed by atoms with E-state index in [1.54, 1.807) is 0 Å². The van der Waals surface area contributed by atoms with E-state index in [4.69, 9.17) is 5.73 Å². The molecule has 0 atom stereocenters. The van der Waals surface area contributed by atoms with Crippen LogP contribution >= 0.6 is 0 Å². The maximum Gasteiger partial charge on any atom is 0.0352 e. The molecule has 0 saturated heterocycles. The predicted molar refractivity (Wildman–Crippen MR) is 64.4 cm³/mol. The van der Waals surface area contributed by atoms with Crippen LogP contribution in [-0.4, -0.2) is 0 Å². The van der Waals surface area contributed by atoms with Crippen LogP contribution in [0.4, 0.5) is 5.69 Å². The number of hydrogen-bond acceptors (Lipinski definition) is 1. The Hall–Kier alpha value is -1.24. The molecule has 1 rings (SSSR count). The van der Waals surface area contributed by atoms with E-state index in [-0.39, 0.29) is 0 Å². The first kappa shape index (κ1) is 10.8. The van der Waals surface area contributed by atoms with Crippen molar-refractivity contribution in [3.63, 3.8) is 0 Å². The summed E-state index contributed by atoms with van der Waals surface area (Å²) in [4.78, 5) is 0. The van der Waals surface area contributed by atoms with Gasteiger partial charge in [0.05, 0.1) is 0 Å². The van der Waals surface area contributed by atoms with Gasteiger partial charge in [0, 0.05) is 5.69 Å². The van der Waals surface area contributed by atoms with Gasteiger partial charge in [-0.1, -0.05) is 26.0 Å². The van der Waals surface area contributed by atoms with E-state index >= 15 is 0 Å². The molecule has 1 aromatic rings. The van der Waals surface area contributed by atoms with Crippen molar-refractivity contribution < 1.29 is 0 Å². The summed E-state index contributed by atoms with van der Waals surface area (Å²) < 4.78 is 0. The molecule has 0 radical (unpaired) electrons. The van der Waals surface area contributed by atoms with Crippen LogP contribution in [0.5, 0.6) is 0 Å². The molecule has 2 N–H and O–H groups in total. The fourth-order valence-electron chi connectivity index (χ4n) is 1.71. The van der Waals surface area contributed by atoms with Gasteiger partial charge in [0.2, 0.25) is 0 Å². The number of nitrogens with two attached hydrogens (primary N) is 1. The zero-order valence-electron chi connectivity index (χ0n) is 9.52. The molecule has 1 aromatic carbocycles. The molecular weight excluding hydrogens is 170 g/mol. The van der Waals surface area contributed by atoms with Crippen LogP contribution in [0, 0.1) is 6.92 Å². The highest BCUT2D eigenvalue weighted by molar-refractivity contribution is 5.69. The van der Waals surface area contributed by atoms with Crippen LogP contribution in [-0.2, 0) is 0 Å². The minimum absolute atomic E-state index is 0.466. The summed E-state index contributed by atoms with van der Waals surface area (Å²) in [6.07, 6.45) is 0. The third-order valence-electron chi connectivity index (χ3n) is 2.51. The van der Waals surface area contributed by atoms with Crippen molar-refractivity contribution in [3.05, 3.63) is 35.4 Å². The number of hydrogen-bond donors (Lipinski definition) is 1. The zero-order chi connectivity index (χ0) is 10.9. The monoisotopic (exact) mass is 189 g/mol. The largest absolute Gasteiger partial charge is 0.398 e. The van der Waals surface area contributed by atoms with Crippen molar-refractivity contribution in [1.29, 1.82) is 0 Å². The highest BCUT2D eigenvalue weighted by Gasteiger charge is 2.08. The van der Waals surface area contributed by atoms with Crippen molar-refractivity contribution in [1.82, 2.24) is 0 Å². The van der Waals surface area contributed by atoms with Gasteiger partial charge in [-0.25, -0.2) is 0 Å². The number of rotatable bonds is 2. The molecule has 0 saturated carbocycles. The highest BCUT2D eigenvalue weighted by Crippen LogP contribution is 2.28. The Bertz CT molecular complexity index is 362. The van der Waals surface area contributed by atoms with E-state index in [1.807, 2.05) is 13.0 Å². The number of benzene rings is 1. The third kappa shape index (κ3) is 1.98. The van der Waals surface area contributed by atoms with Gasteiger partial charge < -0.3 is 5.73 Å². The summed E-state index contributed by atoms with van der Waals surface area (Å²) in [5.41, 5.74) is 11.6. The van der Waals surface area contributed by atoms with Crippen LogP contribution in [0.25, 0.3) is 5.57 Å². The van der Waals surface area contributed by atoms with E-state index in [0.29, 0.717) is 5.92 Å². The maximum atomic E-state index is 5.96. The second kappa shape index (κ2) is 3.87. The van der Waals surface area contributed by atoms with Gasteiger partial charge in [-0.15, -0.1) is 0 Å². The van der Waals surface area contributed by atoms with Gasteiger partial charge in [-0.3, -0.25) is 0 Å². The Morgan fingerprint density at radius 3 is 2.36 bits per heavy atom. The smallest absolute Gasteiger partial charge is 0.0352 e. The summed E-state index contributed by atoms with van der Waals surface area (Å²) in [5.74, 6) is 0.466. The predicted octanol–water partition coefficient (Wildman–Crippen LogP) is 3.73. The zero-order valence-corrected chi connectivity index (χ0v) is 9.52. The number of anilines is 1. The van der Waals surface area contributed by atoms with E-state index < -0.39 is 0 Å². The summed E-state index contributed by atoms with van der Waals surface area (Å²) in [6.45, 7) is 12.4. The van der Waals surface area contributed by atoms with Crippen molar-refractivity contribution in [2.45, 2.75) is 33.6 Å². The number of aryl methyl sites for hydroxylation is 1. The summed E-state index contributed by atoms with van der Waals surface area (Å²) in [5, 5.41) is 0. The molecule has 0 bridgehead atoms. The van der Waals surface area contributed by atoms with Gasteiger partial charge in [0.25, 0.3) is 0 Å². The average Bonchev–Trinajstić information content (AvgIpc) is 2.02. The third-order valence-corrected chi connectivity index (χ3v) is 2.51. The van der Waals surface area contributed by atoms with E-state index in [0.717, 1.165) is 11.3 Å². The molecule has 0 aliphatic carbocycles. The topological polar surface area (TPSA) is 26.0 Å². The fourth-order valence-corrected chi connectivity index (χ4v) is 1.71. The summed E-state index contributed by atoms with van der Waals surface area (Å²) in [6, 6.07) is 4.21. The lowest BCUT2D eigenvalue weighted by atomic mass is 9.93. The van der Waals surface area contributed by atoms with Crippen LogP contribution in [0.1, 0.15) is 43.4 Å². The molecule has 1 heteroatoms. The second-order valence-electron chi connectivity index (χ2n) is 4.23. The Balaban J connectivity index is 3.34. The first-order valence-corrected chi connectivity index (χ1v) is 4.99. The SMILES string of the molecule is C=C(C)c1cc(C(C)C)c(N)cc1C. The lowest BCUT2D eigenvalue weighted by Crippen LogP contribution is -1.99. The van der Waals surface area contributed by atoms with E-state index in [1.165, 1.54) is 16.7 Å². The first-order chi connectivity index (χ1) is 6.43. The standard InChI is InChI=1S/C13H19N/c1-8(2)11-7-12(9(3)4)13(14)6-10(11)5/h6-7,9H,1,14H2,2-5H3. The Labute approximate surface area is 86.6 Å². The molecule has 0 unspecified atom stereocenters. The Morgan fingerprint density at radius 2 is 1.93 bits per heavy atom. The van der Waals surface area contributed by atoms with Gasteiger partial charge in [0.15, 0.2) is 0 Å². The minimum Gasteiger partial charge on any atom is -0.398 e. The summed E-state index contributed by atoms with van der Waals surface area (Å²) >= 11 is 0. The first-order valence-electron chi connectivity index (χ1n) is 4.99. The summed E-state index contributed by atoms with van der Waals surface area (Å²) in [7, 11) is 0. The second-order valence-corrected chi connectivity index (χ2v) is 4.23. The molecule has 0 fully saturated rings. The van der Waals surface area contributed by atoms with Gasteiger partial charge in [0.1, 0.15) is 0 Å². The maximum absolute atomic E-state index is 5.96. The number of nitrogen functional groups attached to an aromatic ring is 1. The van der Waals surface area contributed by atoms with E-state index in [9.17, 15) is 0 Å². The molecule has 14 heavy (non-hydrogen) atoms. The molecule has 0 aliphatic rings. The average molecular weight is 189 g/mol. The molecule has 0 aliphatic heterocycles. The van der Waals surface area contributed by atoms with Crippen molar-refractivity contribution >= 4 is 11.3 Å². The molecule has 0 heterocycles. The van der Waals surface area contributed by atoms with Crippen molar-refractivity contribution in [2.24, 2.45) is 0 Å². The minimum atomic E-state index is 0.466. The quantitative estimate of drug-likeness (QED) is 0.705. The number of allylic oxidation sites excluding steroid dienone is 1.